The van der Waals surface area contributed by atoms with Crippen LogP contribution in [0.5, 0.6) is 0 Å². The quantitative estimate of drug-likeness (QED) is 0.792. The molecule has 3 rings (SSSR count). The summed E-state index contributed by atoms with van der Waals surface area (Å²) in [5, 5.41) is 9.11. The molecule has 0 fully saturated rings. The second-order valence-electron chi connectivity index (χ2n) is 5.69. The number of nitrogens with zero attached hydrogens (tertiary/aromatic N) is 3. The SMILES string of the molecule is CC(C)(C(=O)Nc1ccncc1)n1nc(-c2cccs2)ccc1=O. The fourth-order valence-corrected chi connectivity index (χ4v) is 2.87. The van der Waals surface area contributed by atoms with Crippen LogP contribution in [0, 0.1) is 0 Å². The molecule has 0 atom stereocenters. The van der Waals surface area contributed by atoms with Crippen LogP contribution < -0.4 is 10.9 Å². The Kier molecular flexibility index (Phi) is 4.26. The summed E-state index contributed by atoms with van der Waals surface area (Å²) in [6, 6.07) is 10.3. The standard InChI is InChI=1S/C17H16N4O2S/c1-17(2,16(23)19-12-7-9-18-10-8-12)21-15(22)6-5-13(20-21)14-4-3-11-24-14/h3-11H,1-2H3,(H,18,19,23). The maximum Gasteiger partial charge on any atom is 0.267 e. The summed E-state index contributed by atoms with van der Waals surface area (Å²) >= 11 is 1.53. The maximum absolute atomic E-state index is 12.7. The van der Waals surface area contributed by atoms with E-state index in [0.29, 0.717) is 11.4 Å². The van der Waals surface area contributed by atoms with Crippen molar-refractivity contribution in [3.8, 4) is 10.6 Å². The largest absolute Gasteiger partial charge is 0.324 e. The van der Waals surface area contributed by atoms with Crippen LogP contribution in [0.2, 0.25) is 0 Å². The van der Waals surface area contributed by atoms with Gasteiger partial charge in [-0.15, -0.1) is 11.3 Å². The molecule has 0 aliphatic rings. The van der Waals surface area contributed by atoms with Crippen molar-refractivity contribution >= 4 is 22.9 Å². The van der Waals surface area contributed by atoms with E-state index in [1.807, 2.05) is 17.5 Å². The topological polar surface area (TPSA) is 76.9 Å². The van der Waals surface area contributed by atoms with Crippen molar-refractivity contribution in [3.63, 3.8) is 0 Å². The van der Waals surface area contributed by atoms with Crippen molar-refractivity contribution < 1.29 is 4.79 Å². The first kappa shape index (κ1) is 16.1. The molecule has 0 saturated heterocycles. The van der Waals surface area contributed by atoms with Crippen LogP contribution in [0.3, 0.4) is 0 Å². The number of aromatic nitrogens is 3. The van der Waals surface area contributed by atoms with Gasteiger partial charge >= 0.3 is 0 Å². The smallest absolute Gasteiger partial charge is 0.267 e. The van der Waals surface area contributed by atoms with Gasteiger partial charge in [0.1, 0.15) is 11.2 Å². The number of thiophene rings is 1. The number of anilines is 1. The second kappa shape index (κ2) is 6.37. The normalized spacial score (nSPS) is 11.2. The molecular weight excluding hydrogens is 324 g/mol. The van der Waals surface area contributed by atoms with Gasteiger partial charge in [0.25, 0.3) is 11.5 Å². The molecule has 1 amide bonds. The predicted octanol–water partition coefficient (Wildman–Crippen LogP) is 2.74. The Morgan fingerprint density at radius 2 is 1.92 bits per heavy atom. The third-order valence-corrected chi connectivity index (χ3v) is 4.49. The van der Waals surface area contributed by atoms with E-state index in [1.165, 1.54) is 22.1 Å². The Balaban J connectivity index is 1.95. The fourth-order valence-electron chi connectivity index (χ4n) is 2.18. The van der Waals surface area contributed by atoms with Crippen molar-refractivity contribution in [3.05, 3.63) is 64.5 Å². The minimum Gasteiger partial charge on any atom is -0.324 e. The van der Waals surface area contributed by atoms with E-state index in [0.717, 1.165) is 4.88 Å². The van der Waals surface area contributed by atoms with E-state index in [9.17, 15) is 9.59 Å². The van der Waals surface area contributed by atoms with Gasteiger partial charge in [-0.1, -0.05) is 6.07 Å². The first-order valence-corrected chi connectivity index (χ1v) is 8.22. The summed E-state index contributed by atoms with van der Waals surface area (Å²) in [5.41, 5.74) is -0.196. The van der Waals surface area contributed by atoms with Crippen LogP contribution in [0.4, 0.5) is 5.69 Å². The molecule has 0 unspecified atom stereocenters. The monoisotopic (exact) mass is 340 g/mol. The molecular formula is C17H16N4O2S. The average Bonchev–Trinajstić information content (AvgIpc) is 3.10. The van der Waals surface area contributed by atoms with E-state index in [4.69, 9.17) is 0 Å². The molecule has 3 aromatic rings. The van der Waals surface area contributed by atoms with Gasteiger partial charge < -0.3 is 5.32 Å². The number of carbonyl (C=O) groups is 1. The third-order valence-electron chi connectivity index (χ3n) is 3.60. The van der Waals surface area contributed by atoms with Crippen molar-refractivity contribution in [1.82, 2.24) is 14.8 Å². The van der Waals surface area contributed by atoms with Crippen molar-refractivity contribution in [2.75, 3.05) is 5.32 Å². The molecule has 0 aromatic carbocycles. The number of nitrogens with one attached hydrogen (secondary N) is 1. The number of hydrogen-bond acceptors (Lipinski definition) is 5. The molecule has 3 heterocycles. The highest BCUT2D eigenvalue weighted by atomic mass is 32.1. The van der Waals surface area contributed by atoms with Gasteiger partial charge in [0.15, 0.2) is 0 Å². The van der Waals surface area contributed by atoms with Crippen LogP contribution in [0.15, 0.2) is 59.0 Å². The highest BCUT2D eigenvalue weighted by Crippen LogP contribution is 2.23. The second-order valence-corrected chi connectivity index (χ2v) is 6.64. The zero-order valence-corrected chi connectivity index (χ0v) is 14.1. The summed E-state index contributed by atoms with van der Waals surface area (Å²) in [4.78, 5) is 29.8. The van der Waals surface area contributed by atoms with Gasteiger partial charge in [-0.25, -0.2) is 4.68 Å². The molecule has 3 aromatic heterocycles. The van der Waals surface area contributed by atoms with Gasteiger partial charge in [0.05, 0.1) is 4.88 Å². The average molecular weight is 340 g/mol. The number of rotatable bonds is 4. The molecule has 0 bridgehead atoms. The molecule has 0 aliphatic carbocycles. The number of pyridine rings is 1. The fraction of sp³-hybridized carbons (Fsp3) is 0.176. The Morgan fingerprint density at radius 3 is 2.58 bits per heavy atom. The molecule has 7 heteroatoms. The van der Waals surface area contributed by atoms with E-state index >= 15 is 0 Å². The zero-order chi connectivity index (χ0) is 17.2. The highest BCUT2D eigenvalue weighted by molar-refractivity contribution is 7.13. The van der Waals surface area contributed by atoms with Crippen molar-refractivity contribution in [1.29, 1.82) is 0 Å². The Bertz CT molecular complexity index is 902. The number of carbonyl (C=O) groups excluding carboxylic acids is 1. The van der Waals surface area contributed by atoms with Crippen LogP contribution in [-0.4, -0.2) is 20.7 Å². The summed E-state index contributed by atoms with van der Waals surface area (Å²) in [6.07, 6.45) is 3.18. The van der Waals surface area contributed by atoms with Gasteiger partial charge in [-0.3, -0.25) is 14.6 Å². The Morgan fingerprint density at radius 1 is 1.17 bits per heavy atom. The Hall–Kier alpha value is -2.80. The summed E-state index contributed by atoms with van der Waals surface area (Å²) in [5.74, 6) is -0.327. The van der Waals surface area contributed by atoms with Crippen LogP contribution >= 0.6 is 11.3 Å². The predicted molar refractivity (Wildman–Crippen MR) is 94.0 cm³/mol. The minimum atomic E-state index is -1.15. The molecule has 1 N–H and O–H groups in total. The first-order chi connectivity index (χ1) is 11.5. The van der Waals surface area contributed by atoms with Gasteiger partial charge in [0.2, 0.25) is 0 Å². The lowest BCUT2D eigenvalue weighted by Crippen LogP contribution is -2.47. The van der Waals surface area contributed by atoms with E-state index in [-0.39, 0.29) is 11.5 Å². The van der Waals surface area contributed by atoms with E-state index in [1.54, 1.807) is 44.4 Å². The molecule has 0 radical (unpaired) electrons. The molecule has 122 valence electrons. The van der Waals surface area contributed by atoms with Crippen LogP contribution in [-0.2, 0) is 10.3 Å². The van der Waals surface area contributed by atoms with Crippen molar-refractivity contribution in [2.45, 2.75) is 19.4 Å². The van der Waals surface area contributed by atoms with E-state index in [2.05, 4.69) is 15.4 Å². The number of amides is 1. The Labute approximate surface area is 142 Å². The minimum absolute atomic E-state index is 0.327. The summed E-state index contributed by atoms with van der Waals surface area (Å²) in [6.45, 7) is 3.33. The highest BCUT2D eigenvalue weighted by Gasteiger charge is 2.32. The van der Waals surface area contributed by atoms with Crippen LogP contribution in [0.25, 0.3) is 10.6 Å². The summed E-state index contributed by atoms with van der Waals surface area (Å²) in [7, 11) is 0. The van der Waals surface area contributed by atoms with Gasteiger partial charge in [-0.2, -0.15) is 5.10 Å². The molecule has 0 saturated carbocycles. The zero-order valence-electron chi connectivity index (χ0n) is 13.3. The van der Waals surface area contributed by atoms with E-state index < -0.39 is 5.54 Å². The third kappa shape index (κ3) is 3.11. The maximum atomic E-state index is 12.7. The lowest BCUT2D eigenvalue weighted by atomic mass is 10.0. The number of hydrogen-bond donors (Lipinski definition) is 1. The lowest BCUT2D eigenvalue weighted by molar-refractivity contribution is -0.123. The van der Waals surface area contributed by atoms with Crippen molar-refractivity contribution in [2.24, 2.45) is 0 Å². The molecule has 0 spiro atoms. The van der Waals surface area contributed by atoms with Gasteiger partial charge in [0, 0.05) is 24.1 Å². The van der Waals surface area contributed by atoms with Crippen LogP contribution in [0.1, 0.15) is 13.8 Å². The van der Waals surface area contributed by atoms with Gasteiger partial charge in [-0.05, 0) is 43.5 Å². The molecule has 24 heavy (non-hydrogen) atoms. The lowest BCUT2D eigenvalue weighted by Gasteiger charge is -2.25. The molecule has 6 nitrogen and oxygen atoms in total. The summed E-state index contributed by atoms with van der Waals surface area (Å²) < 4.78 is 1.22. The first-order valence-electron chi connectivity index (χ1n) is 7.35. The molecule has 0 aliphatic heterocycles.